The number of hydrogen-bond acceptors (Lipinski definition) is 3. The number of carbonyl (C=O) groups is 1. The van der Waals surface area contributed by atoms with Crippen LogP contribution in [0.25, 0.3) is 0 Å². The molecule has 1 aliphatic rings. The first-order valence-electron chi connectivity index (χ1n) is 7.11. The predicted octanol–water partition coefficient (Wildman–Crippen LogP) is 2.37. The van der Waals surface area contributed by atoms with Crippen LogP contribution in [0.2, 0.25) is 10.0 Å². The third-order valence-electron chi connectivity index (χ3n) is 3.82. The highest BCUT2D eigenvalue weighted by Crippen LogP contribution is 2.23. The Bertz CT molecular complexity index is 502. The summed E-state index contributed by atoms with van der Waals surface area (Å²) in [5.41, 5.74) is 6.84. The highest BCUT2D eigenvalue weighted by Gasteiger charge is 2.20. The number of halogens is 2. The number of likely N-dealkylation sites (tertiary alicyclic amines) is 1. The minimum atomic E-state index is 0.108. The lowest BCUT2D eigenvalue weighted by atomic mass is 10.1. The summed E-state index contributed by atoms with van der Waals surface area (Å²) >= 11 is 11.9. The minimum absolute atomic E-state index is 0.108. The van der Waals surface area contributed by atoms with Gasteiger partial charge in [-0.05, 0) is 30.5 Å². The number of carbonyl (C=O) groups excluding carboxylic acids is 1. The standard InChI is InChI=1S/C15H21Cl2N3O/c1-19(9-11-2-3-13(16)14(17)8-11)15(21)10-20-6-4-12(18)5-7-20/h2-3,8,12H,4-7,9-10,18H2,1H3. The predicted molar refractivity (Wildman–Crippen MR) is 86.6 cm³/mol. The van der Waals surface area contributed by atoms with Gasteiger partial charge in [0.25, 0.3) is 0 Å². The topological polar surface area (TPSA) is 49.6 Å². The lowest BCUT2D eigenvalue weighted by Crippen LogP contribution is -2.44. The van der Waals surface area contributed by atoms with Crippen molar-refractivity contribution < 1.29 is 4.79 Å². The van der Waals surface area contributed by atoms with Gasteiger partial charge in [-0.25, -0.2) is 0 Å². The van der Waals surface area contributed by atoms with Crippen LogP contribution in [0.1, 0.15) is 18.4 Å². The van der Waals surface area contributed by atoms with Crippen molar-refractivity contribution in [2.45, 2.75) is 25.4 Å². The van der Waals surface area contributed by atoms with Crippen LogP contribution in [0, 0.1) is 0 Å². The van der Waals surface area contributed by atoms with Gasteiger partial charge in [0.1, 0.15) is 0 Å². The van der Waals surface area contributed by atoms with Gasteiger partial charge in [-0.3, -0.25) is 9.69 Å². The first-order valence-corrected chi connectivity index (χ1v) is 7.87. The van der Waals surface area contributed by atoms with Crippen molar-refractivity contribution in [3.05, 3.63) is 33.8 Å². The third kappa shape index (κ3) is 4.85. The molecule has 0 spiro atoms. The maximum absolute atomic E-state index is 12.2. The Kier molecular flexibility index (Phi) is 5.88. The molecule has 0 aromatic heterocycles. The highest BCUT2D eigenvalue weighted by atomic mass is 35.5. The van der Waals surface area contributed by atoms with Gasteiger partial charge >= 0.3 is 0 Å². The fourth-order valence-electron chi connectivity index (χ4n) is 2.42. The number of nitrogens with two attached hydrogens (primary N) is 1. The first-order chi connectivity index (χ1) is 9.95. The van der Waals surface area contributed by atoms with Gasteiger partial charge in [0, 0.05) is 32.7 Å². The summed E-state index contributed by atoms with van der Waals surface area (Å²) in [5, 5.41) is 1.04. The van der Waals surface area contributed by atoms with E-state index in [1.54, 1.807) is 24.1 Å². The fraction of sp³-hybridized carbons (Fsp3) is 0.533. The Balaban J connectivity index is 1.86. The number of rotatable bonds is 4. The molecule has 1 aromatic carbocycles. The quantitative estimate of drug-likeness (QED) is 0.922. The Morgan fingerprint density at radius 3 is 2.62 bits per heavy atom. The molecule has 2 N–H and O–H groups in total. The zero-order chi connectivity index (χ0) is 15.4. The second-order valence-electron chi connectivity index (χ2n) is 5.61. The van der Waals surface area contributed by atoms with Crippen LogP contribution in [0.5, 0.6) is 0 Å². The number of benzene rings is 1. The van der Waals surface area contributed by atoms with Gasteiger partial charge in [0.15, 0.2) is 0 Å². The molecule has 1 aliphatic heterocycles. The van der Waals surface area contributed by atoms with Gasteiger partial charge in [-0.1, -0.05) is 29.3 Å². The molecule has 21 heavy (non-hydrogen) atoms. The van der Waals surface area contributed by atoms with Gasteiger partial charge < -0.3 is 10.6 Å². The molecule has 1 aromatic rings. The molecule has 1 saturated heterocycles. The molecule has 0 bridgehead atoms. The third-order valence-corrected chi connectivity index (χ3v) is 4.56. The maximum Gasteiger partial charge on any atom is 0.236 e. The van der Waals surface area contributed by atoms with Crippen molar-refractivity contribution in [1.82, 2.24) is 9.80 Å². The monoisotopic (exact) mass is 329 g/mol. The lowest BCUT2D eigenvalue weighted by molar-refractivity contribution is -0.131. The molecule has 0 aliphatic carbocycles. The average molecular weight is 330 g/mol. The molecular formula is C15H21Cl2N3O. The first kappa shape index (κ1) is 16.6. The molecule has 1 heterocycles. The summed E-state index contributed by atoms with van der Waals surface area (Å²) in [6.07, 6.45) is 1.92. The zero-order valence-corrected chi connectivity index (χ0v) is 13.7. The van der Waals surface area contributed by atoms with E-state index in [1.165, 1.54) is 0 Å². The van der Waals surface area contributed by atoms with Crippen molar-refractivity contribution >= 4 is 29.1 Å². The fourth-order valence-corrected chi connectivity index (χ4v) is 2.74. The van der Waals surface area contributed by atoms with Crippen molar-refractivity contribution in [3.8, 4) is 0 Å². The van der Waals surface area contributed by atoms with Crippen LogP contribution >= 0.6 is 23.2 Å². The SMILES string of the molecule is CN(Cc1ccc(Cl)c(Cl)c1)C(=O)CN1CCC(N)CC1. The van der Waals surface area contributed by atoms with Crippen LogP contribution in [-0.4, -0.2) is 48.4 Å². The van der Waals surface area contributed by atoms with E-state index >= 15 is 0 Å². The molecule has 116 valence electrons. The van der Waals surface area contributed by atoms with Gasteiger partial charge in [-0.2, -0.15) is 0 Å². The number of amides is 1. The summed E-state index contributed by atoms with van der Waals surface area (Å²) in [4.78, 5) is 16.1. The van der Waals surface area contributed by atoms with Gasteiger partial charge in [0.2, 0.25) is 5.91 Å². The van der Waals surface area contributed by atoms with E-state index in [0.29, 0.717) is 23.1 Å². The highest BCUT2D eigenvalue weighted by molar-refractivity contribution is 6.42. The van der Waals surface area contributed by atoms with Crippen molar-refractivity contribution in [2.75, 3.05) is 26.7 Å². The molecule has 2 rings (SSSR count). The van der Waals surface area contributed by atoms with Crippen LogP contribution in [-0.2, 0) is 11.3 Å². The molecule has 0 radical (unpaired) electrons. The molecule has 0 atom stereocenters. The second kappa shape index (κ2) is 7.45. The Hall–Kier alpha value is -0.810. The van der Waals surface area contributed by atoms with Crippen LogP contribution in [0.3, 0.4) is 0 Å². The molecular weight excluding hydrogens is 309 g/mol. The molecule has 4 nitrogen and oxygen atoms in total. The second-order valence-corrected chi connectivity index (χ2v) is 6.43. The number of piperidine rings is 1. The molecule has 1 amide bonds. The Morgan fingerprint density at radius 2 is 2.00 bits per heavy atom. The Labute approximate surface area is 135 Å². The number of nitrogens with zero attached hydrogens (tertiary/aromatic N) is 2. The van der Waals surface area contributed by atoms with E-state index in [4.69, 9.17) is 28.9 Å². The summed E-state index contributed by atoms with van der Waals surface area (Å²) in [5.74, 6) is 0.108. The smallest absolute Gasteiger partial charge is 0.236 e. The zero-order valence-electron chi connectivity index (χ0n) is 12.2. The molecule has 1 fully saturated rings. The van der Waals surface area contributed by atoms with Crippen molar-refractivity contribution in [2.24, 2.45) is 5.73 Å². The van der Waals surface area contributed by atoms with E-state index < -0.39 is 0 Å². The van der Waals surface area contributed by atoms with Gasteiger partial charge in [-0.15, -0.1) is 0 Å². The molecule has 0 unspecified atom stereocenters. The van der Waals surface area contributed by atoms with E-state index in [0.717, 1.165) is 31.5 Å². The normalized spacial score (nSPS) is 17.0. The Morgan fingerprint density at radius 1 is 1.33 bits per heavy atom. The van der Waals surface area contributed by atoms with E-state index in [9.17, 15) is 4.79 Å². The van der Waals surface area contributed by atoms with E-state index in [-0.39, 0.29) is 11.9 Å². The average Bonchev–Trinajstić information content (AvgIpc) is 2.45. The van der Waals surface area contributed by atoms with E-state index in [1.807, 2.05) is 6.07 Å². The summed E-state index contributed by atoms with van der Waals surface area (Å²) in [7, 11) is 1.81. The van der Waals surface area contributed by atoms with E-state index in [2.05, 4.69) is 4.90 Å². The van der Waals surface area contributed by atoms with Crippen molar-refractivity contribution in [3.63, 3.8) is 0 Å². The molecule has 6 heteroatoms. The molecule has 0 saturated carbocycles. The van der Waals surface area contributed by atoms with Crippen LogP contribution in [0.4, 0.5) is 0 Å². The largest absolute Gasteiger partial charge is 0.340 e. The van der Waals surface area contributed by atoms with Crippen LogP contribution < -0.4 is 5.73 Å². The van der Waals surface area contributed by atoms with Gasteiger partial charge in [0.05, 0.1) is 16.6 Å². The lowest BCUT2D eigenvalue weighted by Gasteiger charge is -2.30. The summed E-state index contributed by atoms with van der Waals surface area (Å²) in [6, 6.07) is 5.72. The summed E-state index contributed by atoms with van der Waals surface area (Å²) < 4.78 is 0. The minimum Gasteiger partial charge on any atom is -0.340 e. The van der Waals surface area contributed by atoms with Crippen LogP contribution in [0.15, 0.2) is 18.2 Å². The number of hydrogen-bond donors (Lipinski definition) is 1. The number of likely N-dealkylation sites (N-methyl/N-ethyl adjacent to an activating group) is 1. The summed E-state index contributed by atoms with van der Waals surface area (Å²) in [6.45, 7) is 2.77. The van der Waals surface area contributed by atoms with Crippen molar-refractivity contribution in [1.29, 1.82) is 0 Å². The maximum atomic E-state index is 12.2.